The summed E-state index contributed by atoms with van der Waals surface area (Å²) in [6.07, 6.45) is 3.39. The summed E-state index contributed by atoms with van der Waals surface area (Å²) in [7, 11) is 0. The average molecular weight is 381 g/mol. The number of ether oxygens (including phenoxy) is 1. The second-order valence-corrected chi connectivity index (χ2v) is 6.61. The second kappa shape index (κ2) is 6.83. The van der Waals surface area contributed by atoms with E-state index in [4.69, 9.17) is 9.15 Å². The van der Waals surface area contributed by atoms with Crippen LogP contribution in [0.5, 0.6) is 11.6 Å². The fourth-order valence-electron chi connectivity index (χ4n) is 3.24. The maximum absolute atomic E-state index is 11.7. The SMILES string of the molecule is Cc1cc(=O)oc2cc(Oc3nc(-c4ccncc4)nc4ccccc34)ccc12. The second-order valence-electron chi connectivity index (χ2n) is 6.61. The molecule has 29 heavy (non-hydrogen) atoms. The summed E-state index contributed by atoms with van der Waals surface area (Å²) in [5, 5.41) is 1.65. The van der Waals surface area contributed by atoms with Crippen LogP contribution in [-0.2, 0) is 0 Å². The highest BCUT2D eigenvalue weighted by molar-refractivity contribution is 5.86. The number of aryl methyl sites for hydroxylation is 1. The Morgan fingerprint density at radius 1 is 0.897 bits per heavy atom. The minimum Gasteiger partial charge on any atom is -0.438 e. The molecule has 0 bridgehead atoms. The van der Waals surface area contributed by atoms with E-state index in [0.717, 1.165) is 27.4 Å². The molecule has 0 fully saturated rings. The highest BCUT2D eigenvalue weighted by Gasteiger charge is 2.12. The van der Waals surface area contributed by atoms with Gasteiger partial charge in [-0.1, -0.05) is 12.1 Å². The summed E-state index contributed by atoms with van der Waals surface area (Å²) in [5.74, 6) is 1.50. The summed E-state index contributed by atoms with van der Waals surface area (Å²) in [4.78, 5) is 25.0. The van der Waals surface area contributed by atoms with E-state index in [1.54, 1.807) is 18.5 Å². The molecule has 0 aliphatic heterocycles. The van der Waals surface area contributed by atoms with Crippen LogP contribution in [0, 0.1) is 6.92 Å². The Balaban J connectivity index is 1.65. The van der Waals surface area contributed by atoms with Crippen molar-refractivity contribution in [3.8, 4) is 23.0 Å². The van der Waals surface area contributed by atoms with Crippen LogP contribution in [0.25, 0.3) is 33.3 Å². The van der Waals surface area contributed by atoms with Crippen molar-refractivity contribution in [3.63, 3.8) is 0 Å². The van der Waals surface area contributed by atoms with Crippen LogP contribution < -0.4 is 10.4 Å². The van der Waals surface area contributed by atoms with Gasteiger partial charge in [-0.15, -0.1) is 0 Å². The number of para-hydroxylation sites is 1. The van der Waals surface area contributed by atoms with Crippen molar-refractivity contribution in [2.75, 3.05) is 0 Å². The highest BCUT2D eigenvalue weighted by atomic mass is 16.5. The fraction of sp³-hybridized carbons (Fsp3) is 0.0435. The molecule has 0 spiro atoms. The fourth-order valence-corrected chi connectivity index (χ4v) is 3.24. The number of hydrogen-bond donors (Lipinski definition) is 0. The Kier molecular flexibility index (Phi) is 4.02. The first kappa shape index (κ1) is 17.1. The lowest BCUT2D eigenvalue weighted by molar-refractivity contribution is 0.467. The lowest BCUT2D eigenvalue weighted by Crippen LogP contribution is -1.99. The molecule has 6 nitrogen and oxygen atoms in total. The average Bonchev–Trinajstić information content (AvgIpc) is 2.74. The van der Waals surface area contributed by atoms with Crippen molar-refractivity contribution < 1.29 is 9.15 Å². The van der Waals surface area contributed by atoms with E-state index in [-0.39, 0.29) is 5.63 Å². The quantitative estimate of drug-likeness (QED) is 0.414. The molecule has 140 valence electrons. The zero-order valence-corrected chi connectivity index (χ0v) is 15.5. The number of hydrogen-bond acceptors (Lipinski definition) is 6. The van der Waals surface area contributed by atoms with Gasteiger partial charge in [-0.3, -0.25) is 4.98 Å². The number of pyridine rings is 1. The summed E-state index contributed by atoms with van der Waals surface area (Å²) in [6, 6.07) is 18.2. The van der Waals surface area contributed by atoms with Crippen molar-refractivity contribution >= 4 is 21.9 Å². The normalized spacial score (nSPS) is 11.1. The zero-order valence-electron chi connectivity index (χ0n) is 15.5. The molecular formula is C23H15N3O3. The number of nitrogens with zero attached hydrogens (tertiary/aromatic N) is 3. The van der Waals surface area contributed by atoms with Gasteiger partial charge in [0.2, 0.25) is 5.88 Å². The van der Waals surface area contributed by atoms with Gasteiger partial charge in [0.25, 0.3) is 0 Å². The zero-order chi connectivity index (χ0) is 19.8. The molecule has 2 aromatic carbocycles. The van der Waals surface area contributed by atoms with Crippen LogP contribution in [0.15, 0.2) is 82.3 Å². The Morgan fingerprint density at radius 3 is 2.59 bits per heavy atom. The van der Waals surface area contributed by atoms with Crippen molar-refractivity contribution in [2.45, 2.75) is 6.92 Å². The molecule has 0 amide bonds. The molecule has 0 saturated carbocycles. The van der Waals surface area contributed by atoms with Crippen molar-refractivity contribution in [2.24, 2.45) is 0 Å². The Morgan fingerprint density at radius 2 is 1.72 bits per heavy atom. The number of fused-ring (bicyclic) bond motifs is 2. The maximum Gasteiger partial charge on any atom is 0.336 e. The van der Waals surface area contributed by atoms with Crippen LogP contribution in [0.4, 0.5) is 0 Å². The van der Waals surface area contributed by atoms with Gasteiger partial charge < -0.3 is 9.15 Å². The monoisotopic (exact) mass is 381 g/mol. The van der Waals surface area contributed by atoms with Gasteiger partial charge in [0, 0.05) is 35.5 Å². The first-order valence-corrected chi connectivity index (χ1v) is 9.07. The molecule has 5 rings (SSSR count). The van der Waals surface area contributed by atoms with E-state index in [9.17, 15) is 4.79 Å². The smallest absolute Gasteiger partial charge is 0.336 e. The van der Waals surface area contributed by atoms with Crippen LogP contribution in [0.3, 0.4) is 0 Å². The van der Waals surface area contributed by atoms with Gasteiger partial charge >= 0.3 is 5.63 Å². The third-order valence-corrected chi connectivity index (χ3v) is 4.64. The van der Waals surface area contributed by atoms with Gasteiger partial charge in [-0.2, -0.15) is 4.98 Å². The minimum atomic E-state index is -0.389. The van der Waals surface area contributed by atoms with Crippen molar-refractivity contribution in [3.05, 3.63) is 89.0 Å². The Hall–Kier alpha value is -4.06. The first-order chi connectivity index (χ1) is 14.2. The topological polar surface area (TPSA) is 78.1 Å². The van der Waals surface area contributed by atoms with Crippen LogP contribution in [0.1, 0.15) is 5.56 Å². The van der Waals surface area contributed by atoms with E-state index < -0.39 is 0 Å². The molecule has 0 saturated heterocycles. The van der Waals surface area contributed by atoms with Gasteiger partial charge in [-0.05, 0) is 48.9 Å². The summed E-state index contributed by atoms with van der Waals surface area (Å²) in [6.45, 7) is 1.87. The molecule has 3 aromatic heterocycles. The minimum absolute atomic E-state index is 0.389. The number of rotatable bonds is 3. The molecule has 0 atom stereocenters. The predicted molar refractivity (Wildman–Crippen MR) is 110 cm³/mol. The molecule has 5 aromatic rings. The summed E-state index contributed by atoms with van der Waals surface area (Å²) < 4.78 is 11.4. The van der Waals surface area contributed by atoms with E-state index in [0.29, 0.717) is 23.0 Å². The summed E-state index contributed by atoms with van der Waals surface area (Å²) in [5.41, 5.74) is 2.55. The molecule has 0 aliphatic rings. The molecular weight excluding hydrogens is 366 g/mol. The highest BCUT2D eigenvalue weighted by Crippen LogP contribution is 2.31. The number of aromatic nitrogens is 3. The number of benzene rings is 2. The first-order valence-electron chi connectivity index (χ1n) is 9.07. The third-order valence-electron chi connectivity index (χ3n) is 4.64. The van der Waals surface area contributed by atoms with Crippen LogP contribution in [-0.4, -0.2) is 15.0 Å². The van der Waals surface area contributed by atoms with E-state index in [1.807, 2.05) is 55.5 Å². The standard InChI is InChI=1S/C23H15N3O3/c1-14-12-21(27)29-20-13-16(6-7-17(14)20)28-23-18-4-2-3-5-19(18)25-22(26-23)15-8-10-24-11-9-15/h2-13H,1H3. The molecule has 0 unspecified atom stereocenters. The van der Waals surface area contributed by atoms with E-state index in [1.165, 1.54) is 6.07 Å². The third kappa shape index (κ3) is 3.21. The Labute approximate surface area is 165 Å². The van der Waals surface area contributed by atoms with Crippen molar-refractivity contribution in [1.82, 2.24) is 15.0 Å². The van der Waals surface area contributed by atoms with Gasteiger partial charge in [0.1, 0.15) is 11.3 Å². The van der Waals surface area contributed by atoms with E-state index >= 15 is 0 Å². The molecule has 3 heterocycles. The van der Waals surface area contributed by atoms with Crippen LogP contribution in [0.2, 0.25) is 0 Å². The molecule has 0 aliphatic carbocycles. The predicted octanol–water partition coefficient (Wildman–Crippen LogP) is 4.90. The summed E-state index contributed by atoms with van der Waals surface area (Å²) >= 11 is 0. The Bertz CT molecular complexity index is 1410. The lowest BCUT2D eigenvalue weighted by Gasteiger charge is -2.11. The van der Waals surface area contributed by atoms with Gasteiger partial charge in [-0.25, -0.2) is 9.78 Å². The lowest BCUT2D eigenvalue weighted by atomic mass is 10.1. The molecule has 6 heteroatoms. The van der Waals surface area contributed by atoms with Gasteiger partial charge in [0.15, 0.2) is 5.82 Å². The van der Waals surface area contributed by atoms with Gasteiger partial charge in [0.05, 0.1) is 10.9 Å². The molecule has 0 radical (unpaired) electrons. The van der Waals surface area contributed by atoms with E-state index in [2.05, 4.69) is 15.0 Å². The maximum atomic E-state index is 11.7. The largest absolute Gasteiger partial charge is 0.438 e. The van der Waals surface area contributed by atoms with Crippen LogP contribution >= 0.6 is 0 Å². The molecule has 0 N–H and O–H groups in total. The van der Waals surface area contributed by atoms with Crippen molar-refractivity contribution in [1.29, 1.82) is 0 Å².